The third kappa shape index (κ3) is 3.43. The zero-order chi connectivity index (χ0) is 19.0. The van der Waals surface area contributed by atoms with Gasteiger partial charge in [-0.25, -0.2) is 9.97 Å². The fourth-order valence-electron chi connectivity index (χ4n) is 2.56. The Morgan fingerprint density at radius 1 is 1.04 bits per heavy atom. The van der Waals surface area contributed by atoms with E-state index in [2.05, 4.69) is 29.9 Å². The molecule has 0 bridgehead atoms. The van der Waals surface area contributed by atoms with E-state index in [1.807, 2.05) is 25.1 Å². The Morgan fingerprint density at radius 3 is 2.48 bits per heavy atom. The number of benzene rings is 1. The van der Waals surface area contributed by atoms with Crippen molar-refractivity contribution in [1.82, 2.24) is 24.5 Å². The molecule has 0 saturated carbocycles. The molecule has 0 radical (unpaired) electrons. The van der Waals surface area contributed by atoms with Crippen molar-refractivity contribution < 1.29 is 13.2 Å². The van der Waals surface area contributed by atoms with E-state index in [0.717, 1.165) is 33.9 Å². The summed E-state index contributed by atoms with van der Waals surface area (Å²) in [6.07, 6.45) is -1.38. The van der Waals surface area contributed by atoms with E-state index in [-0.39, 0.29) is 5.95 Å². The normalized spacial score (nSPS) is 11.7. The third-order valence-corrected chi connectivity index (χ3v) is 4.52. The first-order valence-corrected chi connectivity index (χ1v) is 8.53. The van der Waals surface area contributed by atoms with Crippen LogP contribution in [0.3, 0.4) is 0 Å². The molecular weight excluding hydrogens is 377 g/mol. The number of hydrogen-bond donors (Lipinski definition) is 1. The predicted molar refractivity (Wildman–Crippen MR) is 95.7 cm³/mol. The molecule has 4 rings (SSSR count). The molecule has 0 aliphatic heterocycles. The van der Waals surface area contributed by atoms with Crippen LogP contribution in [0.1, 0.15) is 10.4 Å². The molecule has 0 saturated heterocycles. The summed E-state index contributed by atoms with van der Waals surface area (Å²) in [5.41, 5.74) is 2.14. The number of alkyl halides is 3. The molecule has 0 amide bonds. The van der Waals surface area contributed by atoms with Crippen LogP contribution in [0.2, 0.25) is 0 Å². The van der Waals surface area contributed by atoms with Crippen molar-refractivity contribution in [2.24, 2.45) is 0 Å². The maximum absolute atomic E-state index is 12.6. The lowest BCUT2D eigenvalue weighted by atomic mass is 10.1. The number of fused-ring (bicyclic) bond motifs is 1. The van der Waals surface area contributed by atoms with Crippen LogP contribution in [0, 0.1) is 6.92 Å². The molecule has 1 N–H and O–H groups in total. The van der Waals surface area contributed by atoms with Gasteiger partial charge in [-0.3, -0.25) is 4.98 Å². The topological polar surface area (TPSA) is 76.5 Å². The molecule has 27 heavy (non-hydrogen) atoms. The molecule has 0 fully saturated rings. The van der Waals surface area contributed by atoms with E-state index < -0.39 is 11.7 Å². The van der Waals surface area contributed by atoms with Gasteiger partial charge in [-0.05, 0) is 30.6 Å². The Balaban J connectivity index is 1.67. The number of pyridine rings is 1. The van der Waals surface area contributed by atoms with Gasteiger partial charge in [-0.2, -0.15) is 13.2 Å². The molecule has 0 unspecified atom stereocenters. The second-order valence-electron chi connectivity index (χ2n) is 5.69. The van der Waals surface area contributed by atoms with Gasteiger partial charge in [-0.1, -0.05) is 16.6 Å². The predicted octanol–water partition coefficient (Wildman–Crippen LogP) is 4.61. The van der Waals surface area contributed by atoms with Crippen LogP contribution in [0.15, 0.2) is 42.9 Å². The number of nitrogens with zero attached hydrogens (tertiary/aromatic N) is 5. The summed E-state index contributed by atoms with van der Waals surface area (Å²) < 4.78 is 41.8. The SMILES string of the molecule is Cc1snnc1-c1ccc2c(Nc3ncc(C(F)(F)F)cn3)ccnc2c1. The first-order chi connectivity index (χ1) is 12.9. The van der Waals surface area contributed by atoms with Gasteiger partial charge >= 0.3 is 6.18 Å². The summed E-state index contributed by atoms with van der Waals surface area (Å²) >= 11 is 1.32. The maximum atomic E-state index is 12.6. The number of hydrogen-bond acceptors (Lipinski definition) is 7. The highest BCUT2D eigenvalue weighted by Gasteiger charge is 2.31. The van der Waals surface area contributed by atoms with Crippen molar-refractivity contribution in [3.8, 4) is 11.3 Å². The fourth-order valence-corrected chi connectivity index (χ4v) is 3.05. The highest BCUT2D eigenvalue weighted by Crippen LogP contribution is 2.31. The maximum Gasteiger partial charge on any atom is 0.419 e. The lowest BCUT2D eigenvalue weighted by Crippen LogP contribution is -2.07. The van der Waals surface area contributed by atoms with Crippen LogP contribution < -0.4 is 5.32 Å². The van der Waals surface area contributed by atoms with E-state index in [0.29, 0.717) is 11.2 Å². The minimum atomic E-state index is -4.47. The number of aromatic nitrogens is 5. The highest BCUT2D eigenvalue weighted by atomic mass is 32.1. The molecule has 136 valence electrons. The zero-order valence-corrected chi connectivity index (χ0v) is 14.6. The van der Waals surface area contributed by atoms with Gasteiger partial charge in [0.05, 0.1) is 21.6 Å². The Morgan fingerprint density at radius 2 is 1.81 bits per heavy atom. The third-order valence-electron chi connectivity index (χ3n) is 3.89. The molecule has 6 nitrogen and oxygen atoms in total. The van der Waals surface area contributed by atoms with Crippen molar-refractivity contribution in [2.75, 3.05) is 5.32 Å². The summed E-state index contributed by atoms with van der Waals surface area (Å²) in [4.78, 5) is 12.8. The van der Waals surface area contributed by atoms with E-state index >= 15 is 0 Å². The summed E-state index contributed by atoms with van der Waals surface area (Å²) in [6.45, 7) is 1.94. The number of nitrogens with one attached hydrogen (secondary N) is 1. The first-order valence-electron chi connectivity index (χ1n) is 7.76. The molecule has 0 spiro atoms. The van der Waals surface area contributed by atoms with Crippen molar-refractivity contribution >= 4 is 34.1 Å². The number of anilines is 2. The average molecular weight is 388 g/mol. The summed E-state index contributed by atoms with van der Waals surface area (Å²) in [6, 6.07) is 7.35. The van der Waals surface area contributed by atoms with Crippen LogP contribution >= 0.6 is 11.5 Å². The van der Waals surface area contributed by atoms with Crippen molar-refractivity contribution in [3.05, 3.63) is 53.3 Å². The van der Waals surface area contributed by atoms with Crippen molar-refractivity contribution in [3.63, 3.8) is 0 Å². The lowest BCUT2D eigenvalue weighted by molar-refractivity contribution is -0.138. The highest BCUT2D eigenvalue weighted by molar-refractivity contribution is 7.05. The molecule has 4 aromatic rings. The largest absolute Gasteiger partial charge is 0.419 e. The average Bonchev–Trinajstić information content (AvgIpc) is 3.07. The molecule has 10 heteroatoms. The van der Waals surface area contributed by atoms with Gasteiger partial charge in [0.2, 0.25) is 5.95 Å². The summed E-state index contributed by atoms with van der Waals surface area (Å²) in [5.74, 6) is 0.0686. The fraction of sp³-hybridized carbons (Fsp3) is 0.118. The summed E-state index contributed by atoms with van der Waals surface area (Å²) in [7, 11) is 0. The minimum Gasteiger partial charge on any atom is -0.323 e. The van der Waals surface area contributed by atoms with Crippen LogP contribution in [0.4, 0.5) is 24.8 Å². The van der Waals surface area contributed by atoms with Gasteiger partial charge in [0.25, 0.3) is 0 Å². The Hall–Kier alpha value is -3.14. The number of aryl methyl sites for hydroxylation is 1. The van der Waals surface area contributed by atoms with Crippen LogP contribution in [0.25, 0.3) is 22.2 Å². The number of rotatable bonds is 3. The smallest absolute Gasteiger partial charge is 0.323 e. The van der Waals surface area contributed by atoms with E-state index in [9.17, 15) is 13.2 Å². The van der Waals surface area contributed by atoms with Gasteiger partial charge < -0.3 is 5.32 Å². The number of halogens is 3. The van der Waals surface area contributed by atoms with Gasteiger partial charge in [0, 0.05) is 29.5 Å². The van der Waals surface area contributed by atoms with Crippen molar-refractivity contribution in [2.45, 2.75) is 13.1 Å². The summed E-state index contributed by atoms with van der Waals surface area (Å²) in [5, 5.41) is 7.84. The van der Waals surface area contributed by atoms with E-state index in [1.165, 1.54) is 11.5 Å². The van der Waals surface area contributed by atoms with E-state index in [4.69, 9.17) is 0 Å². The zero-order valence-electron chi connectivity index (χ0n) is 13.8. The Labute approximate surface area is 155 Å². The molecule has 1 aromatic carbocycles. The molecular formula is C17H11F3N6S. The molecule has 0 aliphatic rings. The van der Waals surface area contributed by atoms with Gasteiger partial charge in [0.1, 0.15) is 5.69 Å². The lowest BCUT2D eigenvalue weighted by Gasteiger charge is -2.10. The minimum absolute atomic E-state index is 0.0686. The standard InChI is InChI=1S/C17H11F3N6S/c1-9-15(25-26-27-9)10-2-3-12-13(4-5-21-14(12)6-10)24-16-22-7-11(8-23-16)17(18,19)20/h2-8H,1H3,(H,21,22,23,24). The molecule has 0 aliphatic carbocycles. The second kappa shape index (κ2) is 6.54. The van der Waals surface area contributed by atoms with Crippen LogP contribution in [0.5, 0.6) is 0 Å². The quantitative estimate of drug-likeness (QED) is 0.552. The molecule has 0 atom stereocenters. The van der Waals surface area contributed by atoms with Crippen LogP contribution in [-0.2, 0) is 6.18 Å². The first kappa shape index (κ1) is 17.3. The van der Waals surface area contributed by atoms with Crippen molar-refractivity contribution in [1.29, 1.82) is 0 Å². The Kier molecular flexibility index (Phi) is 4.19. The molecule has 3 aromatic heterocycles. The monoisotopic (exact) mass is 388 g/mol. The van der Waals surface area contributed by atoms with Gasteiger partial charge in [-0.15, -0.1) is 5.10 Å². The van der Waals surface area contributed by atoms with Crippen LogP contribution in [-0.4, -0.2) is 24.5 Å². The van der Waals surface area contributed by atoms with Gasteiger partial charge in [0.15, 0.2) is 0 Å². The second-order valence-corrected chi connectivity index (χ2v) is 6.64. The Bertz CT molecular complexity index is 1110. The van der Waals surface area contributed by atoms with E-state index in [1.54, 1.807) is 12.3 Å². The molecule has 3 heterocycles.